The van der Waals surface area contributed by atoms with Crippen molar-refractivity contribution in [2.45, 2.75) is 92.4 Å². The second-order valence-corrected chi connectivity index (χ2v) is 9.61. The summed E-state index contributed by atoms with van der Waals surface area (Å²) < 4.78 is 0. The zero-order valence-corrected chi connectivity index (χ0v) is 17.2. The van der Waals surface area contributed by atoms with Gasteiger partial charge in [-0.1, -0.05) is 56.1 Å². The van der Waals surface area contributed by atoms with Crippen LogP contribution in [0.3, 0.4) is 0 Å². The summed E-state index contributed by atoms with van der Waals surface area (Å²) in [6.07, 6.45) is 13.3. The molecule has 0 spiro atoms. The third-order valence-corrected chi connectivity index (χ3v) is 7.32. The Hall–Kier alpha value is -1.05. The standard InChI is InChI=1S/C23H39NO/c1-17(9-7-10-19(3)24-25)11-13-20-18(2)12-14-21-22(4,5)15-8-16-23(20,21)6/h9,20-21,25H,2,7-8,10-16H2,1,3-6H3/b17-9-,24-19-/t20-,21+,23+/m1/s1. The molecule has 2 heteroatoms. The largest absolute Gasteiger partial charge is 0.411 e. The quantitative estimate of drug-likeness (QED) is 0.236. The topological polar surface area (TPSA) is 32.6 Å². The number of nitrogens with zero attached hydrogens (tertiary/aromatic N) is 1. The molecule has 0 heterocycles. The van der Waals surface area contributed by atoms with Crippen molar-refractivity contribution in [1.29, 1.82) is 0 Å². The number of hydrogen-bond acceptors (Lipinski definition) is 2. The molecule has 3 atom stereocenters. The van der Waals surface area contributed by atoms with Gasteiger partial charge in [-0.05, 0) is 87.9 Å². The van der Waals surface area contributed by atoms with E-state index in [4.69, 9.17) is 5.21 Å². The summed E-state index contributed by atoms with van der Waals surface area (Å²) in [6.45, 7) is 16.2. The molecule has 0 radical (unpaired) electrons. The highest BCUT2D eigenvalue weighted by Crippen LogP contribution is 2.61. The number of hydrogen-bond donors (Lipinski definition) is 1. The van der Waals surface area contributed by atoms with Crippen LogP contribution in [-0.2, 0) is 0 Å². The second kappa shape index (κ2) is 8.10. The Balaban J connectivity index is 2.02. The highest BCUT2D eigenvalue weighted by Gasteiger charge is 2.52. The number of fused-ring (bicyclic) bond motifs is 1. The highest BCUT2D eigenvalue weighted by atomic mass is 16.4. The van der Waals surface area contributed by atoms with Gasteiger partial charge in [-0.3, -0.25) is 0 Å². The minimum Gasteiger partial charge on any atom is -0.411 e. The summed E-state index contributed by atoms with van der Waals surface area (Å²) in [5.74, 6) is 1.52. The van der Waals surface area contributed by atoms with E-state index in [1.807, 2.05) is 6.92 Å². The molecule has 0 aromatic carbocycles. The third-order valence-electron chi connectivity index (χ3n) is 7.32. The first kappa shape index (κ1) is 20.3. The lowest BCUT2D eigenvalue weighted by molar-refractivity contribution is -0.0539. The fourth-order valence-corrected chi connectivity index (χ4v) is 5.86. The maximum Gasteiger partial charge on any atom is 0.0543 e. The van der Waals surface area contributed by atoms with E-state index in [-0.39, 0.29) is 0 Å². The van der Waals surface area contributed by atoms with Crippen LogP contribution >= 0.6 is 0 Å². The first-order valence-electron chi connectivity index (χ1n) is 10.2. The smallest absolute Gasteiger partial charge is 0.0543 e. The molecule has 0 unspecified atom stereocenters. The molecular weight excluding hydrogens is 306 g/mol. The van der Waals surface area contributed by atoms with Gasteiger partial charge in [0, 0.05) is 0 Å². The molecule has 2 fully saturated rings. The van der Waals surface area contributed by atoms with E-state index in [0.717, 1.165) is 24.5 Å². The fraction of sp³-hybridized carbons (Fsp3) is 0.783. The molecule has 0 aromatic rings. The van der Waals surface area contributed by atoms with E-state index in [1.165, 1.54) is 56.1 Å². The molecule has 0 saturated heterocycles. The van der Waals surface area contributed by atoms with Gasteiger partial charge in [0.25, 0.3) is 0 Å². The van der Waals surface area contributed by atoms with Crippen molar-refractivity contribution in [3.05, 3.63) is 23.8 Å². The maximum atomic E-state index is 8.74. The van der Waals surface area contributed by atoms with Crippen molar-refractivity contribution >= 4 is 5.71 Å². The normalized spacial score (nSPS) is 33.2. The van der Waals surface area contributed by atoms with Gasteiger partial charge in [0.1, 0.15) is 0 Å². The van der Waals surface area contributed by atoms with E-state index < -0.39 is 0 Å². The van der Waals surface area contributed by atoms with Crippen LogP contribution in [0.1, 0.15) is 92.4 Å². The molecule has 2 saturated carbocycles. The predicted molar refractivity (Wildman–Crippen MR) is 108 cm³/mol. The van der Waals surface area contributed by atoms with Gasteiger partial charge in [-0.25, -0.2) is 0 Å². The van der Waals surface area contributed by atoms with Crippen LogP contribution in [0, 0.1) is 22.7 Å². The van der Waals surface area contributed by atoms with E-state index >= 15 is 0 Å². The maximum absolute atomic E-state index is 8.74. The Kier molecular flexibility index (Phi) is 6.56. The average molecular weight is 346 g/mol. The molecule has 2 aliphatic rings. The average Bonchev–Trinajstić information content (AvgIpc) is 2.53. The SMILES string of the molecule is C=C1CC[C@H]2C(C)(C)CCC[C@@]2(C)[C@@H]1CC/C(C)=C\CC/C(C)=N\O. The number of rotatable bonds is 6. The Bertz CT molecular complexity index is 542. The third kappa shape index (κ3) is 4.57. The van der Waals surface area contributed by atoms with Gasteiger partial charge < -0.3 is 5.21 Å². The molecule has 2 nitrogen and oxygen atoms in total. The van der Waals surface area contributed by atoms with Crippen molar-refractivity contribution in [2.24, 2.45) is 27.8 Å². The van der Waals surface area contributed by atoms with Crippen LogP contribution in [0.5, 0.6) is 0 Å². The molecule has 2 rings (SSSR count). The summed E-state index contributed by atoms with van der Waals surface area (Å²) in [7, 11) is 0. The Labute approximate surface area is 155 Å². The molecule has 0 aromatic heterocycles. The van der Waals surface area contributed by atoms with Crippen LogP contribution in [-0.4, -0.2) is 10.9 Å². The minimum absolute atomic E-state index is 0.442. The molecule has 142 valence electrons. The molecular formula is C23H39NO. The van der Waals surface area contributed by atoms with Crippen LogP contribution < -0.4 is 0 Å². The molecule has 0 amide bonds. The van der Waals surface area contributed by atoms with Crippen LogP contribution in [0.15, 0.2) is 29.0 Å². The summed E-state index contributed by atoms with van der Waals surface area (Å²) in [5.41, 5.74) is 4.71. The Morgan fingerprint density at radius 3 is 2.64 bits per heavy atom. The monoisotopic (exact) mass is 345 g/mol. The van der Waals surface area contributed by atoms with Gasteiger partial charge >= 0.3 is 0 Å². The van der Waals surface area contributed by atoms with E-state index in [2.05, 4.69) is 45.5 Å². The first-order chi connectivity index (χ1) is 11.7. The zero-order chi connectivity index (χ0) is 18.7. The predicted octanol–water partition coefficient (Wildman–Crippen LogP) is 7.14. The molecule has 0 bridgehead atoms. The molecule has 1 N–H and O–H groups in total. The van der Waals surface area contributed by atoms with Crippen molar-refractivity contribution in [2.75, 3.05) is 0 Å². The number of allylic oxidation sites excluding steroid dienone is 3. The number of oxime groups is 1. The van der Waals surface area contributed by atoms with Crippen molar-refractivity contribution in [3.8, 4) is 0 Å². The zero-order valence-electron chi connectivity index (χ0n) is 17.2. The summed E-state index contributed by atoms with van der Waals surface area (Å²) in [5, 5.41) is 12.0. The fourth-order valence-electron chi connectivity index (χ4n) is 5.86. The van der Waals surface area contributed by atoms with Crippen molar-refractivity contribution < 1.29 is 5.21 Å². The summed E-state index contributed by atoms with van der Waals surface area (Å²) in [4.78, 5) is 0. The van der Waals surface area contributed by atoms with Gasteiger partial charge in [0.15, 0.2) is 0 Å². The van der Waals surface area contributed by atoms with Gasteiger partial charge in [-0.2, -0.15) is 0 Å². The van der Waals surface area contributed by atoms with Crippen molar-refractivity contribution in [1.82, 2.24) is 0 Å². The molecule has 0 aliphatic heterocycles. The molecule has 2 aliphatic carbocycles. The Morgan fingerprint density at radius 1 is 1.24 bits per heavy atom. The van der Waals surface area contributed by atoms with E-state index in [9.17, 15) is 0 Å². The first-order valence-corrected chi connectivity index (χ1v) is 10.2. The van der Waals surface area contributed by atoms with Crippen LogP contribution in [0.2, 0.25) is 0 Å². The summed E-state index contributed by atoms with van der Waals surface area (Å²) in [6, 6.07) is 0. The Morgan fingerprint density at radius 2 is 1.96 bits per heavy atom. The minimum atomic E-state index is 0.442. The second-order valence-electron chi connectivity index (χ2n) is 9.61. The van der Waals surface area contributed by atoms with Crippen LogP contribution in [0.4, 0.5) is 0 Å². The van der Waals surface area contributed by atoms with Gasteiger partial charge in [0.2, 0.25) is 0 Å². The van der Waals surface area contributed by atoms with Crippen LogP contribution in [0.25, 0.3) is 0 Å². The lowest BCUT2D eigenvalue weighted by atomic mass is 9.47. The summed E-state index contributed by atoms with van der Waals surface area (Å²) >= 11 is 0. The van der Waals surface area contributed by atoms with Gasteiger partial charge in [0.05, 0.1) is 5.71 Å². The van der Waals surface area contributed by atoms with Gasteiger partial charge in [-0.15, -0.1) is 0 Å². The van der Waals surface area contributed by atoms with E-state index in [1.54, 1.807) is 0 Å². The lowest BCUT2D eigenvalue weighted by Crippen LogP contribution is -2.49. The highest BCUT2D eigenvalue weighted by molar-refractivity contribution is 5.81. The van der Waals surface area contributed by atoms with E-state index in [0.29, 0.717) is 16.7 Å². The lowest BCUT2D eigenvalue weighted by Gasteiger charge is -2.58. The van der Waals surface area contributed by atoms with Crippen molar-refractivity contribution in [3.63, 3.8) is 0 Å². The molecule has 25 heavy (non-hydrogen) atoms.